The maximum atomic E-state index is 11.8. The van der Waals surface area contributed by atoms with Crippen molar-refractivity contribution >= 4 is 43.3 Å². The molecule has 0 aromatic carbocycles. The van der Waals surface area contributed by atoms with Crippen molar-refractivity contribution in [3.8, 4) is 11.4 Å². The van der Waals surface area contributed by atoms with Crippen molar-refractivity contribution in [1.82, 2.24) is 29.1 Å². The summed E-state index contributed by atoms with van der Waals surface area (Å²) >= 11 is 1.71. The second-order valence-electron chi connectivity index (χ2n) is 9.00. The Bertz CT molecular complexity index is 1280. The van der Waals surface area contributed by atoms with Crippen LogP contribution in [0.1, 0.15) is 4.88 Å². The minimum atomic E-state index is -3.14. The number of piperazine rings is 1. The van der Waals surface area contributed by atoms with Crippen LogP contribution in [0, 0.1) is 0 Å². The molecule has 0 bridgehead atoms. The van der Waals surface area contributed by atoms with Crippen LogP contribution in [0.2, 0.25) is 0 Å². The van der Waals surface area contributed by atoms with E-state index in [1.807, 2.05) is 19.0 Å². The van der Waals surface area contributed by atoms with Crippen molar-refractivity contribution < 1.29 is 13.2 Å². The number of sulfonamides is 1. The van der Waals surface area contributed by atoms with Crippen LogP contribution in [0.15, 0.2) is 18.5 Å². The Morgan fingerprint density at radius 2 is 1.71 bits per heavy atom. The van der Waals surface area contributed by atoms with Gasteiger partial charge < -0.3 is 14.5 Å². The minimum absolute atomic E-state index is 0.523. The van der Waals surface area contributed by atoms with E-state index >= 15 is 0 Å². The molecule has 2 aliphatic rings. The highest BCUT2D eigenvalue weighted by molar-refractivity contribution is 7.88. The highest BCUT2D eigenvalue weighted by atomic mass is 32.2. The van der Waals surface area contributed by atoms with Gasteiger partial charge in [-0.15, -0.1) is 11.3 Å². The van der Waals surface area contributed by atoms with Gasteiger partial charge >= 0.3 is 0 Å². The van der Waals surface area contributed by atoms with Crippen LogP contribution < -0.4 is 9.80 Å². The summed E-state index contributed by atoms with van der Waals surface area (Å²) < 4.78 is 31.8. The average molecular weight is 519 g/mol. The van der Waals surface area contributed by atoms with E-state index < -0.39 is 10.0 Å². The highest BCUT2D eigenvalue weighted by Crippen LogP contribution is 2.35. The fourth-order valence-electron chi connectivity index (χ4n) is 4.27. The first kappa shape index (κ1) is 24.3. The van der Waals surface area contributed by atoms with Crippen molar-refractivity contribution in [2.75, 3.05) is 82.6 Å². The van der Waals surface area contributed by atoms with Crippen LogP contribution in [0.3, 0.4) is 0 Å². The molecule has 2 fully saturated rings. The van der Waals surface area contributed by atoms with E-state index in [9.17, 15) is 8.42 Å². The molecule has 188 valence electrons. The number of morpholine rings is 1. The first-order valence-corrected chi connectivity index (χ1v) is 14.2. The lowest BCUT2D eigenvalue weighted by atomic mass is 10.3. The topological polar surface area (TPSA) is 108 Å². The maximum Gasteiger partial charge on any atom is 0.224 e. The highest BCUT2D eigenvalue weighted by Gasteiger charge is 2.25. The summed E-state index contributed by atoms with van der Waals surface area (Å²) in [5.41, 5.74) is 1.68. The van der Waals surface area contributed by atoms with E-state index in [1.165, 1.54) is 11.1 Å². The molecule has 0 N–H and O–H groups in total. The number of thiophene rings is 1. The zero-order chi connectivity index (χ0) is 24.6. The SMILES string of the molecule is CN(C)c1ncc(-c2nc(N3CCOCC3)c3sc(CN4CCN(S(C)(=O)=O)CC4)cc3n2)cn1. The lowest BCUT2D eigenvalue weighted by Crippen LogP contribution is -2.47. The zero-order valence-corrected chi connectivity index (χ0v) is 21.8. The smallest absolute Gasteiger partial charge is 0.224 e. The van der Waals surface area contributed by atoms with E-state index in [-0.39, 0.29) is 0 Å². The molecule has 35 heavy (non-hydrogen) atoms. The predicted molar refractivity (Wildman–Crippen MR) is 137 cm³/mol. The summed E-state index contributed by atoms with van der Waals surface area (Å²) in [5.74, 6) is 2.16. The van der Waals surface area contributed by atoms with Gasteiger partial charge in [0.05, 0.1) is 35.2 Å². The molecule has 3 aromatic heterocycles. The molecule has 3 aromatic rings. The molecule has 2 saturated heterocycles. The molecule has 5 rings (SSSR count). The molecule has 0 amide bonds. The fourth-order valence-corrected chi connectivity index (χ4v) is 6.25. The van der Waals surface area contributed by atoms with Crippen molar-refractivity contribution in [2.45, 2.75) is 6.54 Å². The Hall–Kier alpha value is -2.45. The standard InChI is InChI=1S/C22H30N8O3S2/c1-27(2)22-23-13-16(14-24-22)20-25-18-12-17(15-28-4-6-30(7-5-28)35(3,31)32)34-19(18)21(26-20)29-8-10-33-11-9-29/h12-14H,4-11,15H2,1-3H3. The summed E-state index contributed by atoms with van der Waals surface area (Å²) in [6.07, 6.45) is 4.80. The van der Waals surface area contributed by atoms with E-state index in [2.05, 4.69) is 25.8 Å². The van der Waals surface area contributed by atoms with Gasteiger partial charge in [-0.25, -0.2) is 28.4 Å². The molecule has 0 atom stereocenters. The molecule has 13 heteroatoms. The molecule has 0 spiro atoms. The van der Waals surface area contributed by atoms with E-state index in [0.717, 1.165) is 41.2 Å². The molecule has 2 aliphatic heterocycles. The Kier molecular flexibility index (Phi) is 6.86. The Labute approximate surface area is 209 Å². The number of hydrogen-bond donors (Lipinski definition) is 0. The average Bonchev–Trinajstić information content (AvgIpc) is 3.26. The largest absolute Gasteiger partial charge is 0.378 e. The van der Waals surface area contributed by atoms with E-state index in [0.29, 0.717) is 51.2 Å². The van der Waals surface area contributed by atoms with Gasteiger partial charge in [0, 0.05) is 77.2 Å². The molecule has 11 nitrogen and oxygen atoms in total. The lowest BCUT2D eigenvalue weighted by molar-refractivity contribution is 0.122. The number of rotatable bonds is 6. The van der Waals surface area contributed by atoms with Gasteiger partial charge in [0.1, 0.15) is 0 Å². The molecule has 0 saturated carbocycles. The lowest BCUT2D eigenvalue weighted by Gasteiger charge is -2.32. The summed E-state index contributed by atoms with van der Waals surface area (Å²) in [6, 6.07) is 2.13. The van der Waals surface area contributed by atoms with Crippen LogP contribution in [0.5, 0.6) is 0 Å². The third kappa shape index (κ3) is 5.38. The quantitative estimate of drug-likeness (QED) is 0.471. The third-order valence-corrected chi connectivity index (χ3v) is 8.60. The first-order valence-electron chi connectivity index (χ1n) is 11.6. The van der Waals surface area contributed by atoms with Gasteiger partial charge in [-0.05, 0) is 6.07 Å². The number of fused-ring (bicyclic) bond motifs is 1. The minimum Gasteiger partial charge on any atom is -0.378 e. The molecule has 0 radical (unpaired) electrons. The zero-order valence-electron chi connectivity index (χ0n) is 20.2. The first-order chi connectivity index (χ1) is 16.8. The maximum absolute atomic E-state index is 11.8. The van der Waals surface area contributed by atoms with Gasteiger partial charge in [0.25, 0.3) is 0 Å². The summed E-state index contributed by atoms with van der Waals surface area (Å²) in [5, 5.41) is 0. The number of anilines is 2. The van der Waals surface area contributed by atoms with Gasteiger partial charge in [0.2, 0.25) is 16.0 Å². The molecular formula is C22H30N8O3S2. The summed E-state index contributed by atoms with van der Waals surface area (Å²) in [4.78, 5) is 26.3. The Morgan fingerprint density at radius 3 is 2.34 bits per heavy atom. The van der Waals surface area contributed by atoms with Gasteiger partial charge in [-0.3, -0.25) is 4.90 Å². The number of hydrogen-bond acceptors (Lipinski definition) is 11. The van der Waals surface area contributed by atoms with Crippen LogP contribution in [-0.2, 0) is 21.3 Å². The van der Waals surface area contributed by atoms with Gasteiger partial charge in [-0.2, -0.15) is 4.31 Å². The molecule has 5 heterocycles. The van der Waals surface area contributed by atoms with Crippen LogP contribution >= 0.6 is 11.3 Å². The Morgan fingerprint density at radius 1 is 1.03 bits per heavy atom. The van der Waals surface area contributed by atoms with Crippen LogP contribution in [0.4, 0.5) is 11.8 Å². The number of nitrogens with zero attached hydrogens (tertiary/aromatic N) is 8. The monoisotopic (exact) mass is 518 g/mol. The molecule has 0 aliphatic carbocycles. The normalized spacial score (nSPS) is 18.3. The summed E-state index contributed by atoms with van der Waals surface area (Å²) in [7, 11) is 0.673. The van der Waals surface area contributed by atoms with Crippen LogP contribution in [0.25, 0.3) is 21.6 Å². The second-order valence-corrected chi connectivity index (χ2v) is 12.1. The molecule has 0 unspecified atom stereocenters. The second kappa shape index (κ2) is 9.90. The van der Waals surface area contributed by atoms with E-state index in [1.54, 1.807) is 28.0 Å². The Balaban J connectivity index is 1.44. The van der Waals surface area contributed by atoms with E-state index in [4.69, 9.17) is 14.7 Å². The van der Waals surface area contributed by atoms with Gasteiger partial charge in [0.15, 0.2) is 11.6 Å². The van der Waals surface area contributed by atoms with Crippen molar-refractivity contribution in [3.63, 3.8) is 0 Å². The fraction of sp³-hybridized carbons (Fsp3) is 0.545. The number of aromatic nitrogens is 4. The van der Waals surface area contributed by atoms with Crippen molar-refractivity contribution in [1.29, 1.82) is 0 Å². The summed E-state index contributed by atoms with van der Waals surface area (Å²) in [6.45, 7) is 6.13. The van der Waals surface area contributed by atoms with Crippen molar-refractivity contribution in [2.24, 2.45) is 0 Å². The number of ether oxygens (including phenoxy) is 1. The predicted octanol–water partition coefficient (Wildman–Crippen LogP) is 1.13. The van der Waals surface area contributed by atoms with Gasteiger partial charge in [-0.1, -0.05) is 0 Å². The molecular weight excluding hydrogens is 488 g/mol. The van der Waals surface area contributed by atoms with Crippen molar-refractivity contribution in [3.05, 3.63) is 23.3 Å². The third-order valence-electron chi connectivity index (χ3n) is 6.19. The van der Waals surface area contributed by atoms with Crippen LogP contribution in [-0.4, -0.2) is 110 Å².